The second-order valence-electron chi connectivity index (χ2n) is 6.54. The molecule has 4 nitrogen and oxygen atoms in total. The van der Waals surface area contributed by atoms with E-state index in [1.807, 2.05) is 6.92 Å². The van der Waals surface area contributed by atoms with Gasteiger partial charge in [-0.25, -0.2) is 0 Å². The SMILES string of the molecule is CC(OC1(CN)CCC(C)(C)CC1)C(=O)N(C)C. The van der Waals surface area contributed by atoms with Gasteiger partial charge in [0.15, 0.2) is 0 Å². The molecule has 0 radical (unpaired) electrons. The molecule has 0 aliphatic heterocycles. The summed E-state index contributed by atoms with van der Waals surface area (Å²) in [6.07, 6.45) is 3.69. The van der Waals surface area contributed by atoms with Gasteiger partial charge in [0.1, 0.15) is 6.10 Å². The maximum atomic E-state index is 11.9. The molecule has 0 saturated heterocycles. The highest BCUT2D eigenvalue weighted by Crippen LogP contribution is 2.42. The lowest BCUT2D eigenvalue weighted by molar-refractivity contribution is -0.159. The zero-order valence-corrected chi connectivity index (χ0v) is 12.5. The summed E-state index contributed by atoms with van der Waals surface area (Å²) >= 11 is 0. The van der Waals surface area contributed by atoms with E-state index < -0.39 is 6.10 Å². The first-order chi connectivity index (χ1) is 8.21. The smallest absolute Gasteiger partial charge is 0.250 e. The molecule has 18 heavy (non-hydrogen) atoms. The zero-order chi connectivity index (χ0) is 14.0. The molecular formula is C14H28N2O2. The Balaban J connectivity index is 2.65. The van der Waals surface area contributed by atoms with Gasteiger partial charge in [0.05, 0.1) is 5.60 Å². The largest absolute Gasteiger partial charge is 0.361 e. The van der Waals surface area contributed by atoms with E-state index >= 15 is 0 Å². The molecule has 1 amide bonds. The lowest BCUT2D eigenvalue weighted by atomic mass is 9.71. The van der Waals surface area contributed by atoms with Crippen LogP contribution in [-0.4, -0.2) is 43.2 Å². The third kappa shape index (κ3) is 3.69. The Morgan fingerprint density at radius 2 is 1.78 bits per heavy atom. The van der Waals surface area contributed by atoms with Crippen molar-refractivity contribution in [1.29, 1.82) is 0 Å². The quantitative estimate of drug-likeness (QED) is 0.834. The van der Waals surface area contributed by atoms with E-state index in [1.54, 1.807) is 19.0 Å². The summed E-state index contributed by atoms with van der Waals surface area (Å²) < 4.78 is 6.03. The maximum absolute atomic E-state index is 11.9. The zero-order valence-electron chi connectivity index (χ0n) is 12.5. The number of nitrogens with two attached hydrogens (primary N) is 1. The number of hydrogen-bond acceptors (Lipinski definition) is 3. The topological polar surface area (TPSA) is 55.6 Å². The van der Waals surface area contributed by atoms with Crippen molar-refractivity contribution >= 4 is 5.91 Å². The summed E-state index contributed by atoms with van der Waals surface area (Å²) in [4.78, 5) is 13.4. The van der Waals surface area contributed by atoms with Crippen LogP contribution in [0.1, 0.15) is 46.5 Å². The molecule has 1 aliphatic rings. The third-order valence-electron chi connectivity index (χ3n) is 4.10. The van der Waals surface area contributed by atoms with Crippen LogP contribution in [0.15, 0.2) is 0 Å². The van der Waals surface area contributed by atoms with Crippen molar-refractivity contribution in [3.05, 3.63) is 0 Å². The first-order valence-corrected chi connectivity index (χ1v) is 6.80. The van der Waals surface area contributed by atoms with Gasteiger partial charge in [0.2, 0.25) is 0 Å². The molecule has 1 unspecified atom stereocenters. The van der Waals surface area contributed by atoms with Crippen LogP contribution < -0.4 is 5.73 Å². The molecule has 0 spiro atoms. The predicted octanol–water partition coefficient (Wildman–Crippen LogP) is 1.78. The van der Waals surface area contributed by atoms with Crippen LogP contribution in [0.4, 0.5) is 0 Å². The van der Waals surface area contributed by atoms with Gasteiger partial charge in [-0.1, -0.05) is 13.8 Å². The Bertz CT molecular complexity index is 290. The minimum atomic E-state index is -0.412. The van der Waals surface area contributed by atoms with Gasteiger partial charge in [0, 0.05) is 20.6 Å². The van der Waals surface area contributed by atoms with Gasteiger partial charge in [-0.05, 0) is 38.0 Å². The number of amides is 1. The van der Waals surface area contributed by atoms with Crippen LogP contribution in [0.5, 0.6) is 0 Å². The van der Waals surface area contributed by atoms with Crippen LogP contribution in [-0.2, 0) is 9.53 Å². The monoisotopic (exact) mass is 256 g/mol. The number of likely N-dealkylation sites (N-methyl/N-ethyl adjacent to an activating group) is 1. The van der Waals surface area contributed by atoms with E-state index in [0.717, 1.165) is 25.7 Å². The van der Waals surface area contributed by atoms with Crippen molar-refractivity contribution in [2.45, 2.75) is 58.2 Å². The molecule has 1 fully saturated rings. The average molecular weight is 256 g/mol. The Labute approximate surface area is 111 Å². The van der Waals surface area contributed by atoms with E-state index in [9.17, 15) is 4.79 Å². The molecule has 1 rings (SSSR count). The first-order valence-electron chi connectivity index (χ1n) is 6.80. The van der Waals surface area contributed by atoms with Crippen molar-refractivity contribution < 1.29 is 9.53 Å². The summed E-state index contributed by atoms with van der Waals surface area (Å²) in [5.41, 5.74) is 5.97. The fraction of sp³-hybridized carbons (Fsp3) is 0.929. The number of nitrogens with zero attached hydrogens (tertiary/aromatic N) is 1. The van der Waals surface area contributed by atoms with Gasteiger partial charge in [-0.15, -0.1) is 0 Å². The molecule has 1 saturated carbocycles. The van der Waals surface area contributed by atoms with Gasteiger partial charge < -0.3 is 15.4 Å². The molecule has 1 atom stereocenters. The van der Waals surface area contributed by atoms with E-state index in [0.29, 0.717) is 12.0 Å². The standard InChI is InChI=1S/C14H28N2O2/c1-11(12(17)16(4)5)18-14(10-15)8-6-13(2,3)7-9-14/h11H,6-10,15H2,1-5H3. The molecule has 0 aromatic rings. The molecular weight excluding hydrogens is 228 g/mol. The Morgan fingerprint density at radius 3 is 2.17 bits per heavy atom. The molecule has 2 N–H and O–H groups in total. The molecule has 0 aromatic heterocycles. The van der Waals surface area contributed by atoms with Gasteiger partial charge in [-0.3, -0.25) is 4.79 Å². The van der Waals surface area contributed by atoms with E-state index in [1.165, 1.54) is 0 Å². The highest BCUT2D eigenvalue weighted by molar-refractivity contribution is 5.80. The van der Waals surface area contributed by atoms with E-state index in [-0.39, 0.29) is 11.5 Å². The van der Waals surface area contributed by atoms with Crippen LogP contribution >= 0.6 is 0 Å². The molecule has 4 heteroatoms. The van der Waals surface area contributed by atoms with Crippen molar-refractivity contribution in [2.75, 3.05) is 20.6 Å². The van der Waals surface area contributed by atoms with Gasteiger partial charge in [-0.2, -0.15) is 0 Å². The molecule has 0 heterocycles. The summed E-state index contributed by atoms with van der Waals surface area (Å²) in [7, 11) is 3.50. The highest BCUT2D eigenvalue weighted by atomic mass is 16.5. The van der Waals surface area contributed by atoms with Crippen LogP contribution in [0.3, 0.4) is 0 Å². The fourth-order valence-electron chi connectivity index (χ4n) is 2.54. The Hall–Kier alpha value is -0.610. The van der Waals surface area contributed by atoms with Crippen molar-refractivity contribution in [3.63, 3.8) is 0 Å². The fourth-order valence-corrected chi connectivity index (χ4v) is 2.54. The van der Waals surface area contributed by atoms with Crippen LogP contribution in [0, 0.1) is 5.41 Å². The Kier molecular flexibility index (Phi) is 4.78. The first kappa shape index (κ1) is 15.4. The van der Waals surface area contributed by atoms with Gasteiger partial charge in [0.25, 0.3) is 5.91 Å². The summed E-state index contributed by atoms with van der Waals surface area (Å²) in [6, 6.07) is 0. The van der Waals surface area contributed by atoms with Crippen molar-refractivity contribution in [2.24, 2.45) is 11.1 Å². The van der Waals surface area contributed by atoms with Crippen LogP contribution in [0.2, 0.25) is 0 Å². The summed E-state index contributed by atoms with van der Waals surface area (Å²) in [6.45, 7) is 6.87. The third-order valence-corrected chi connectivity index (χ3v) is 4.10. The summed E-state index contributed by atoms with van der Waals surface area (Å²) in [5.74, 6) is 0.00709. The molecule has 1 aliphatic carbocycles. The average Bonchev–Trinajstić information content (AvgIpc) is 2.31. The minimum absolute atomic E-state index is 0.00709. The normalized spacial score (nSPS) is 23.4. The van der Waals surface area contributed by atoms with Gasteiger partial charge >= 0.3 is 0 Å². The highest BCUT2D eigenvalue weighted by Gasteiger charge is 2.40. The lowest BCUT2D eigenvalue weighted by Gasteiger charge is -2.44. The van der Waals surface area contributed by atoms with Crippen LogP contribution in [0.25, 0.3) is 0 Å². The second-order valence-corrected chi connectivity index (χ2v) is 6.54. The maximum Gasteiger partial charge on any atom is 0.250 e. The second kappa shape index (κ2) is 5.57. The number of rotatable bonds is 4. The molecule has 0 bridgehead atoms. The molecule has 106 valence electrons. The molecule has 0 aromatic carbocycles. The minimum Gasteiger partial charge on any atom is -0.361 e. The number of carbonyl (C=O) groups is 1. The number of ether oxygens (including phenoxy) is 1. The van der Waals surface area contributed by atoms with Crippen molar-refractivity contribution in [1.82, 2.24) is 4.90 Å². The number of hydrogen-bond donors (Lipinski definition) is 1. The Morgan fingerprint density at radius 1 is 1.28 bits per heavy atom. The lowest BCUT2D eigenvalue weighted by Crippen LogP contribution is -2.49. The predicted molar refractivity (Wildman–Crippen MR) is 73.3 cm³/mol. The van der Waals surface area contributed by atoms with Crippen molar-refractivity contribution in [3.8, 4) is 0 Å². The van der Waals surface area contributed by atoms with E-state index in [4.69, 9.17) is 10.5 Å². The van der Waals surface area contributed by atoms with E-state index in [2.05, 4.69) is 13.8 Å². The number of carbonyl (C=O) groups excluding carboxylic acids is 1. The summed E-state index contributed by atoms with van der Waals surface area (Å²) in [5, 5.41) is 0.